The van der Waals surface area contributed by atoms with E-state index in [0.717, 1.165) is 12.8 Å². The average molecular weight is 365 g/mol. The van der Waals surface area contributed by atoms with E-state index in [-0.39, 0.29) is 24.6 Å². The van der Waals surface area contributed by atoms with E-state index in [0.29, 0.717) is 24.0 Å². The smallest absolute Gasteiger partial charge is 0.167 e. The number of nitrogens with zero attached hydrogens (tertiary/aromatic N) is 4. The summed E-state index contributed by atoms with van der Waals surface area (Å²) in [6.45, 7) is 0.166. The van der Waals surface area contributed by atoms with E-state index < -0.39 is 24.5 Å². The summed E-state index contributed by atoms with van der Waals surface area (Å²) in [6, 6.07) is 0. The molecule has 0 amide bonds. The number of nitrogens with two attached hydrogens (primary N) is 1. The van der Waals surface area contributed by atoms with E-state index in [9.17, 15) is 15.3 Å². The molecule has 1 aliphatic carbocycles. The van der Waals surface area contributed by atoms with Gasteiger partial charge < -0.3 is 30.5 Å². The zero-order chi connectivity index (χ0) is 18.3. The zero-order valence-corrected chi connectivity index (χ0v) is 14.2. The molecule has 1 aliphatic heterocycles. The van der Waals surface area contributed by atoms with Crippen LogP contribution in [0.1, 0.15) is 31.9 Å². The standard InChI is InChI=1S/C16H23N5O5/c17-14-11-15(19-6-18-14)21(7-20-11)16-13(24)12(23)10(26-16)5-25-9-3-1-8(22)2-4-9/h6-10,12-13,16,22-24H,1-5H2,(H2,17,18,19)/t8?,9?,10-,12-,13-,16-/m1/s1. The minimum Gasteiger partial charge on any atom is -0.393 e. The minimum absolute atomic E-state index is 0.0343. The Labute approximate surface area is 149 Å². The number of hydrogen-bond donors (Lipinski definition) is 4. The topological polar surface area (TPSA) is 149 Å². The first-order chi connectivity index (χ1) is 12.5. The molecule has 10 heteroatoms. The van der Waals surface area contributed by atoms with Gasteiger partial charge >= 0.3 is 0 Å². The number of ether oxygens (including phenoxy) is 2. The van der Waals surface area contributed by atoms with Gasteiger partial charge in [-0.25, -0.2) is 15.0 Å². The molecule has 3 heterocycles. The van der Waals surface area contributed by atoms with E-state index in [1.807, 2.05) is 0 Å². The number of anilines is 1. The molecule has 0 unspecified atom stereocenters. The van der Waals surface area contributed by atoms with Gasteiger partial charge in [0.25, 0.3) is 0 Å². The maximum atomic E-state index is 10.4. The number of nitrogen functional groups attached to an aromatic ring is 1. The number of aliphatic hydroxyl groups is 3. The summed E-state index contributed by atoms with van der Waals surface area (Å²) in [7, 11) is 0. The lowest BCUT2D eigenvalue weighted by Gasteiger charge is -2.27. The molecule has 1 saturated carbocycles. The van der Waals surface area contributed by atoms with Crippen LogP contribution in [0.4, 0.5) is 5.82 Å². The van der Waals surface area contributed by atoms with E-state index in [2.05, 4.69) is 15.0 Å². The highest BCUT2D eigenvalue weighted by molar-refractivity contribution is 5.81. The summed E-state index contributed by atoms with van der Waals surface area (Å²) in [6.07, 6.45) is 1.79. The maximum Gasteiger partial charge on any atom is 0.167 e. The Balaban J connectivity index is 1.45. The molecule has 0 bridgehead atoms. The SMILES string of the molecule is Nc1ncnc2c1ncn2[C@@H]1O[C@H](COC2CCC(O)CC2)[C@@H](O)[C@H]1O. The Bertz CT molecular complexity index is 763. The Morgan fingerprint density at radius 2 is 1.88 bits per heavy atom. The lowest BCUT2D eigenvalue weighted by atomic mass is 9.95. The van der Waals surface area contributed by atoms with Crippen molar-refractivity contribution < 1.29 is 24.8 Å². The van der Waals surface area contributed by atoms with Crippen molar-refractivity contribution in [2.45, 2.75) is 62.4 Å². The van der Waals surface area contributed by atoms with E-state index in [1.54, 1.807) is 0 Å². The second kappa shape index (κ2) is 7.05. The van der Waals surface area contributed by atoms with Crippen LogP contribution in [0, 0.1) is 0 Å². The van der Waals surface area contributed by atoms with Gasteiger partial charge in [-0.1, -0.05) is 0 Å². The quantitative estimate of drug-likeness (QED) is 0.554. The van der Waals surface area contributed by atoms with Crippen molar-refractivity contribution in [2.75, 3.05) is 12.3 Å². The van der Waals surface area contributed by atoms with Crippen LogP contribution < -0.4 is 5.73 Å². The molecule has 5 N–H and O–H groups in total. The summed E-state index contributed by atoms with van der Waals surface area (Å²) in [5.41, 5.74) is 6.62. The lowest BCUT2D eigenvalue weighted by Crippen LogP contribution is -2.35. The van der Waals surface area contributed by atoms with Gasteiger partial charge in [0.15, 0.2) is 17.7 Å². The van der Waals surface area contributed by atoms with Crippen molar-refractivity contribution in [1.82, 2.24) is 19.5 Å². The van der Waals surface area contributed by atoms with Crippen molar-refractivity contribution in [2.24, 2.45) is 0 Å². The molecule has 26 heavy (non-hydrogen) atoms. The number of aliphatic hydroxyl groups excluding tert-OH is 3. The van der Waals surface area contributed by atoms with Crippen LogP contribution >= 0.6 is 0 Å². The summed E-state index contributed by atoms with van der Waals surface area (Å²) >= 11 is 0. The van der Waals surface area contributed by atoms with Gasteiger partial charge in [0.05, 0.1) is 25.1 Å². The van der Waals surface area contributed by atoms with Gasteiger partial charge in [0, 0.05) is 0 Å². The van der Waals surface area contributed by atoms with Crippen molar-refractivity contribution in [3.8, 4) is 0 Å². The predicted octanol–water partition coefficient (Wildman–Crippen LogP) is -0.652. The van der Waals surface area contributed by atoms with E-state index >= 15 is 0 Å². The van der Waals surface area contributed by atoms with Crippen LogP contribution in [0.15, 0.2) is 12.7 Å². The zero-order valence-electron chi connectivity index (χ0n) is 14.2. The molecule has 4 rings (SSSR count). The number of hydrogen-bond acceptors (Lipinski definition) is 9. The Morgan fingerprint density at radius 1 is 1.12 bits per heavy atom. The van der Waals surface area contributed by atoms with Gasteiger partial charge in [-0.05, 0) is 25.7 Å². The Hall–Kier alpha value is -1.85. The third-order valence-corrected chi connectivity index (χ3v) is 5.14. The summed E-state index contributed by atoms with van der Waals surface area (Å²) < 4.78 is 13.2. The van der Waals surface area contributed by atoms with E-state index in [4.69, 9.17) is 15.2 Å². The molecule has 142 valence electrons. The van der Waals surface area contributed by atoms with Gasteiger partial charge in [-0.3, -0.25) is 4.57 Å². The molecule has 0 radical (unpaired) electrons. The number of fused-ring (bicyclic) bond motifs is 1. The third kappa shape index (κ3) is 3.14. The molecule has 2 aromatic rings. The van der Waals surface area contributed by atoms with Crippen LogP contribution in [0.3, 0.4) is 0 Å². The Morgan fingerprint density at radius 3 is 2.65 bits per heavy atom. The van der Waals surface area contributed by atoms with Gasteiger partial charge in [0.2, 0.25) is 0 Å². The molecule has 2 fully saturated rings. The molecular weight excluding hydrogens is 342 g/mol. The van der Waals surface area contributed by atoms with Crippen LogP contribution in [0.2, 0.25) is 0 Å². The lowest BCUT2D eigenvalue weighted by molar-refractivity contribution is -0.0909. The Kier molecular flexibility index (Phi) is 4.76. The monoisotopic (exact) mass is 365 g/mol. The van der Waals surface area contributed by atoms with Crippen LogP contribution in [0.5, 0.6) is 0 Å². The van der Waals surface area contributed by atoms with Gasteiger partial charge in [-0.15, -0.1) is 0 Å². The molecule has 0 spiro atoms. The first-order valence-electron chi connectivity index (χ1n) is 8.79. The van der Waals surface area contributed by atoms with Crippen LogP contribution in [0.25, 0.3) is 11.2 Å². The number of aromatic nitrogens is 4. The molecular formula is C16H23N5O5. The maximum absolute atomic E-state index is 10.4. The highest BCUT2D eigenvalue weighted by Gasteiger charge is 2.44. The fourth-order valence-electron chi connectivity index (χ4n) is 3.60. The van der Waals surface area contributed by atoms with Crippen LogP contribution in [-0.2, 0) is 9.47 Å². The molecule has 2 aromatic heterocycles. The summed E-state index contributed by atoms with van der Waals surface area (Å²) in [4.78, 5) is 12.2. The van der Waals surface area contributed by atoms with Gasteiger partial charge in [0.1, 0.15) is 30.2 Å². The number of imidazole rings is 1. The molecule has 1 saturated heterocycles. The van der Waals surface area contributed by atoms with E-state index in [1.165, 1.54) is 17.2 Å². The summed E-state index contributed by atoms with van der Waals surface area (Å²) in [5.74, 6) is 0.237. The molecule has 2 aliphatic rings. The molecule has 0 aromatic carbocycles. The van der Waals surface area contributed by atoms with Crippen molar-refractivity contribution >= 4 is 17.0 Å². The highest BCUT2D eigenvalue weighted by atomic mass is 16.6. The second-order valence-electron chi connectivity index (χ2n) is 6.89. The molecule has 4 atom stereocenters. The highest BCUT2D eigenvalue weighted by Crippen LogP contribution is 2.32. The van der Waals surface area contributed by atoms with Crippen molar-refractivity contribution in [3.63, 3.8) is 0 Å². The van der Waals surface area contributed by atoms with Gasteiger partial charge in [-0.2, -0.15) is 0 Å². The molecule has 10 nitrogen and oxygen atoms in total. The minimum atomic E-state index is -1.15. The van der Waals surface area contributed by atoms with Crippen molar-refractivity contribution in [1.29, 1.82) is 0 Å². The largest absolute Gasteiger partial charge is 0.393 e. The first kappa shape index (κ1) is 17.6. The van der Waals surface area contributed by atoms with Crippen molar-refractivity contribution in [3.05, 3.63) is 12.7 Å². The summed E-state index contributed by atoms with van der Waals surface area (Å²) in [5, 5.41) is 30.3. The third-order valence-electron chi connectivity index (χ3n) is 5.14. The predicted molar refractivity (Wildman–Crippen MR) is 89.9 cm³/mol. The fourth-order valence-corrected chi connectivity index (χ4v) is 3.60. The normalized spacial score (nSPS) is 35.2. The first-order valence-corrected chi connectivity index (χ1v) is 8.79. The fraction of sp³-hybridized carbons (Fsp3) is 0.688. The second-order valence-corrected chi connectivity index (χ2v) is 6.89. The number of rotatable bonds is 4. The average Bonchev–Trinajstić information content (AvgIpc) is 3.18. The van der Waals surface area contributed by atoms with Crippen LogP contribution in [-0.4, -0.2) is 72.0 Å².